The second-order valence-electron chi connectivity index (χ2n) is 4.52. The van der Waals surface area contributed by atoms with Gasteiger partial charge in [-0.2, -0.15) is 0 Å². The van der Waals surface area contributed by atoms with E-state index in [-0.39, 0.29) is 15.2 Å². The van der Waals surface area contributed by atoms with Crippen molar-refractivity contribution in [1.29, 1.82) is 0 Å². The number of aromatic nitrogens is 3. The second-order valence-corrected chi connectivity index (χ2v) is 7.65. The van der Waals surface area contributed by atoms with E-state index < -0.39 is 10.0 Å². The Morgan fingerprint density at radius 1 is 1.35 bits per heavy atom. The quantitative estimate of drug-likeness (QED) is 0.851. The fourth-order valence-electron chi connectivity index (χ4n) is 1.42. The van der Waals surface area contributed by atoms with E-state index in [0.29, 0.717) is 5.92 Å². The predicted octanol–water partition coefficient (Wildman–Crippen LogP) is 2.59. The van der Waals surface area contributed by atoms with Gasteiger partial charge in [0.15, 0.2) is 0 Å². The molecule has 0 aromatic carbocycles. The summed E-state index contributed by atoms with van der Waals surface area (Å²) in [5, 5.41) is 9.06. The molecule has 0 atom stereocenters. The SMILES string of the molecule is CC(C)Cc1nnc(NS(=O)(=O)c2ccc(Cl)nc2)s1. The number of nitrogens with one attached hydrogen (secondary N) is 1. The largest absolute Gasteiger partial charge is 0.265 e. The van der Waals surface area contributed by atoms with Crippen LogP contribution in [0, 0.1) is 5.92 Å². The van der Waals surface area contributed by atoms with Gasteiger partial charge in [0.05, 0.1) is 0 Å². The maximum atomic E-state index is 12.1. The van der Waals surface area contributed by atoms with Gasteiger partial charge in [0, 0.05) is 12.6 Å². The summed E-state index contributed by atoms with van der Waals surface area (Å²) in [6.07, 6.45) is 1.96. The summed E-state index contributed by atoms with van der Waals surface area (Å²) in [5.74, 6) is 0.438. The molecule has 20 heavy (non-hydrogen) atoms. The zero-order chi connectivity index (χ0) is 14.8. The van der Waals surface area contributed by atoms with Crippen molar-refractivity contribution in [3.05, 3.63) is 28.5 Å². The molecule has 2 aromatic rings. The van der Waals surface area contributed by atoms with Gasteiger partial charge in [-0.3, -0.25) is 4.72 Å². The number of halogens is 1. The summed E-state index contributed by atoms with van der Waals surface area (Å²) in [6.45, 7) is 4.12. The van der Waals surface area contributed by atoms with E-state index in [1.54, 1.807) is 0 Å². The Kier molecular flexibility index (Phi) is 4.56. The summed E-state index contributed by atoms with van der Waals surface area (Å²) >= 11 is 6.85. The first-order valence-corrected chi connectivity index (χ1v) is 8.51. The van der Waals surface area contributed by atoms with Crippen LogP contribution in [0.25, 0.3) is 0 Å². The normalized spacial score (nSPS) is 11.8. The second kappa shape index (κ2) is 6.02. The van der Waals surface area contributed by atoms with Gasteiger partial charge in [-0.05, 0) is 18.1 Å². The van der Waals surface area contributed by atoms with Gasteiger partial charge in [-0.15, -0.1) is 10.2 Å². The minimum Gasteiger partial charge on any atom is -0.253 e. The molecule has 0 spiro atoms. The van der Waals surface area contributed by atoms with Crippen LogP contribution in [0.2, 0.25) is 5.15 Å². The molecule has 6 nitrogen and oxygen atoms in total. The van der Waals surface area contributed by atoms with Crippen molar-refractivity contribution >= 4 is 38.1 Å². The van der Waals surface area contributed by atoms with Crippen LogP contribution in [0.4, 0.5) is 5.13 Å². The molecule has 0 radical (unpaired) electrons. The molecular formula is C11H13ClN4O2S2. The highest BCUT2D eigenvalue weighted by Crippen LogP contribution is 2.21. The van der Waals surface area contributed by atoms with Crippen LogP contribution < -0.4 is 4.72 Å². The van der Waals surface area contributed by atoms with E-state index in [1.807, 2.05) is 0 Å². The fourth-order valence-corrected chi connectivity index (χ4v) is 3.66. The average molecular weight is 333 g/mol. The van der Waals surface area contributed by atoms with Gasteiger partial charge in [-0.1, -0.05) is 36.8 Å². The summed E-state index contributed by atoms with van der Waals surface area (Å²) in [4.78, 5) is 3.78. The lowest BCUT2D eigenvalue weighted by Crippen LogP contribution is -2.13. The number of rotatable bonds is 5. The first-order valence-electron chi connectivity index (χ1n) is 5.83. The van der Waals surface area contributed by atoms with Gasteiger partial charge >= 0.3 is 0 Å². The Balaban J connectivity index is 2.16. The van der Waals surface area contributed by atoms with Crippen LogP contribution in [-0.2, 0) is 16.4 Å². The molecule has 1 N–H and O–H groups in total. The lowest BCUT2D eigenvalue weighted by molar-refractivity contribution is 0.600. The van der Waals surface area contributed by atoms with Crippen LogP contribution in [-0.4, -0.2) is 23.6 Å². The predicted molar refractivity (Wildman–Crippen MR) is 78.5 cm³/mol. The first kappa shape index (κ1) is 15.1. The Bertz CT molecular complexity index is 683. The van der Waals surface area contributed by atoms with Crippen molar-refractivity contribution in [1.82, 2.24) is 15.2 Å². The average Bonchev–Trinajstić information content (AvgIpc) is 2.75. The molecule has 0 bridgehead atoms. The van der Waals surface area contributed by atoms with Gasteiger partial charge in [0.1, 0.15) is 15.1 Å². The Labute approximate surface area is 126 Å². The highest BCUT2D eigenvalue weighted by atomic mass is 35.5. The molecule has 0 aliphatic heterocycles. The van der Waals surface area contributed by atoms with Gasteiger partial charge in [0.25, 0.3) is 10.0 Å². The number of hydrogen-bond acceptors (Lipinski definition) is 6. The van der Waals surface area contributed by atoms with Crippen molar-refractivity contribution in [3.8, 4) is 0 Å². The van der Waals surface area contributed by atoms with E-state index in [2.05, 4.69) is 33.8 Å². The molecular weight excluding hydrogens is 320 g/mol. The Morgan fingerprint density at radius 2 is 2.10 bits per heavy atom. The summed E-state index contributed by atoms with van der Waals surface area (Å²) in [6, 6.07) is 2.80. The number of pyridine rings is 1. The van der Waals surface area contributed by atoms with Crippen LogP contribution in [0.15, 0.2) is 23.2 Å². The van der Waals surface area contributed by atoms with E-state index in [0.717, 1.165) is 11.4 Å². The molecule has 9 heteroatoms. The molecule has 0 saturated heterocycles. The molecule has 0 aliphatic carbocycles. The maximum Gasteiger partial charge on any atom is 0.265 e. The van der Waals surface area contributed by atoms with Gasteiger partial charge < -0.3 is 0 Å². The van der Waals surface area contributed by atoms with Gasteiger partial charge in [-0.25, -0.2) is 13.4 Å². The summed E-state index contributed by atoms with van der Waals surface area (Å²) < 4.78 is 26.6. The molecule has 2 aromatic heterocycles. The van der Waals surface area contributed by atoms with Crippen LogP contribution >= 0.6 is 22.9 Å². The Hall–Kier alpha value is -1.25. The molecule has 0 aliphatic rings. The molecule has 0 amide bonds. The minimum atomic E-state index is -3.71. The number of sulfonamides is 1. The fraction of sp³-hybridized carbons (Fsp3) is 0.364. The highest BCUT2D eigenvalue weighted by Gasteiger charge is 2.17. The third-order valence-electron chi connectivity index (χ3n) is 2.28. The molecule has 0 saturated carbocycles. The molecule has 0 unspecified atom stereocenters. The zero-order valence-corrected chi connectivity index (χ0v) is 13.3. The van der Waals surface area contributed by atoms with Crippen molar-refractivity contribution in [3.63, 3.8) is 0 Å². The lowest BCUT2D eigenvalue weighted by Gasteiger charge is -2.03. The molecule has 0 fully saturated rings. The van der Waals surface area contributed by atoms with E-state index in [1.165, 1.54) is 29.7 Å². The third kappa shape index (κ3) is 3.87. The van der Waals surface area contributed by atoms with E-state index in [4.69, 9.17) is 11.6 Å². The zero-order valence-electron chi connectivity index (χ0n) is 10.9. The minimum absolute atomic E-state index is 0.0301. The van der Waals surface area contributed by atoms with Gasteiger partial charge in [0.2, 0.25) is 5.13 Å². The Morgan fingerprint density at radius 3 is 2.70 bits per heavy atom. The first-order chi connectivity index (χ1) is 9.37. The number of nitrogens with zero attached hydrogens (tertiary/aromatic N) is 3. The van der Waals surface area contributed by atoms with Crippen LogP contribution in [0.3, 0.4) is 0 Å². The summed E-state index contributed by atoms with van der Waals surface area (Å²) in [7, 11) is -3.71. The number of hydrogen-bond donors (Lipinski definition) is 1. The van der Waals surface area contributed by atoms with Crippen LogP contribution in [0.1, 0.15) is 18.9 Å². The van der Waals surface area contributed by atoms with Crippen molar-refractivity contribution in [2.24, 2.45) is 5.92 Å². The van der Waals surface area contributed by atoms with Crippen molar-refractivity contribution in [2.45, 2.75) is 25.2 Å². The lowest BCUT2D eigenvalue weighted by atomic mass is 10.1. The van der Waals surface area contributed by atoms with Crippen molar-refractivity contribution in [2.75, 3.05) is 4.72 Å². The molecule has 2 rings (SSSR count). The molecule has 2 heterocycles. The van der Waals surface area contributed by atoms with Crippen LogP contribution in [0.5, 0.6) is 0 Å². The summed E-state index contributed by atoms with van der Waals surface area (Å²) in [5.41, 5.74) is 0. The monoisotopic (exact) mass is 332 g/mol. The van der Waals surface area contributed by atoms with E-state index in [9.17, 15) is 8.42 Å². The third-order valence-corrected chi connectivity index (χ3v) is 4.82. The van der Waals surface area contributed by atoms with E-state index >= 15 is 0 Å². The number of anilines is 1. The topological polar surface area (TPSA) is 84.8 Å². The maximum absolute atomic E-state index is 12.1. The van der Waals surface area contributed by atoms with Crippen molar-refractivity contribution < 1.29 is 8.42 Å². The highest BCUT2D eigenvalue weighted by molar-refractivity contribution is 7.93. The smallest absolute Gasteiger partial charge is 0.253 e. The molecule has 108 valence electrons. The standard InChI is InChI=1S/C11H13ClN4O2S2/c1-7(2)5-10-14-15-11(19-10)16-20(17,18)8-3-4-9(12)13-6-8/h3-4,6-7H,5H2,1-2H3,(H,15,16).